The monoisotopic (exact) mass is 449 g/mol. The third-order valence-corrected chi connectivity index (χ3v) is 5.22. The van der Waals surface area contributed by atoms with E-state index in [1.807, 2.05) is 34.6 Å². The van der Waals surface area contributed by atoms with Crippen molar-refractivity contribution < 1.29 is 19.7 Å². The molecular weight excluding hydrogens is 418 g/mol. The standard InChI is InChI=1S/C23H32ClN3O4/c1-6-8-27(13-29)19-11-16(5)25-23(20(19)22(30)26-18(7-2)12-28)31-21-14(3)9-17(24)10-15(21)4/h9-11,18,28-29H,6-8,12-13H2,1-5H3,(H,26,30). The van der Waals surface area contributed by atoms with Gasteiger partial charge in [0.2, 0.25) is 5.88 Å². The van der Waals surface area contributed by atoms with Crippen LogP contribution in [0.1, 0.15) is 53.9 Å². The first kappa shape index (κ1) is 24.9. The van der Waals surface area contributed by atoms with Crippen LogP contribution in [0.15, 0.2) is 18.2 Å². The predicted octanol–water partition coefficient (Wildman–Crippen LogP) is 4.12. The first-order valence-corrected chi connectivity index (χ1v) is 10.9. The number of hydrogen-bond donors (Lipinski definition) is 3. The van der Waals surface area contributed by atoms with Crippen LogP contribution in [0.25, 0.3) is 0 Å². The molecule has 0 aliphatic rings. The van der Waals surface area contributed by atoms with E-state index >= 15 is 0 Å². The minimum atomic E-state index is -0.419. The van der Waals surface area contributed by atoms with Crippen LogP contribution in [0.2, 0.25) is 5.02 Å². The van der Waals surface area contributed by atoms with Crippen molar-refractivity contribution in [2.45, 2.75) is 53.5 Å². The number of ether oxygens (including phenoxy) is 1. The first-order chi connectivity index (χ1) is 14.7. The van der Waals surface area contributed by atoms with Gasteiger partial charge in [-0.25, -0.2) is 4.98 Å². The van der Waals surface area contributed by atoms with Gasteiger partial charge in [-0.3, -0.25) is 4.79 Å². The second kappa shape index (κ2) is 11.3. The molecule has 1 aromatic carbocycles. The summed E-state index contributed by atoms with van der Waals surface area (Å²) in [5, 5.41) is 23.0. The third kappa shape index (κ3) is 6.09. The Bertz CT molecular complexity index is 893. The number of carbonyl (C=O) groups excluding carboxylic acids is 1. The number of amides is 1. The molecule has 1 atom stereocenters. The van der Waals surface area contributed by atoms with Gasteiger partial charge >= 0.3 is 0 Å². The van der Waals surface area contributed by atoms with E-state index in [9.17, 15) is 15.0 Å². The van der Waals surface area contributed by atoms with Gasteiger partial charge in [0.15, 0.2) is 0 Å². The van der Waals surface area contributed by atoms with Crippen LogP contribution in [-0.2, 0) is 0 Å². The molecule has 170 valence electrons. The van der Waals surface area contributed by atoms with Gasteiger partial charge in [0.25, 0.3) is 5.91 Å². The molecule has 0 saturated carbocycles. The van der Waals surface area contributed by atoms with Gasteiger partial charge < -0.3 is 25.2 Å². The lowest BCUT2D eigenvalue weighted by molar-refractivity contribution is 0.0912. The Morgan fingerprint density at radius 2 is 1.84 bits per heavy atom. The predicted molar refractivity (Wildman–Crippen MR) is 123 cm³/mol. The van der Waals surface area contributed by atoms with Gasteiger partial charge in [0.1, 0.15) is 18.0 Å². The molecule has 0 spiro atoms. The molecule has 1 unspecified atom stereocenters. The fourth-order valence-corrected chi connectivity index (χ4v) is 3.72. The molecule has 0 aliphatic carbocycles. The molecule has 0 aliphatic heterocycles. The highest BCUT2D eigenvalue weighted by Crippen LogP contribution is 2.36. The quantitative estimate of drug-likeness (QED) is 0.472. The van der Waals surface area contributed by atoms with Crippen LogP contribution in [0.5, 0.6) is 11.6 Å². The molecule has 1 heterocycles. The average molecular weight is 450 g/mol. The highest BCUT2D eigenvalue weighted by atomic mass is 35.5. The average Bonchev–Trinajstić information content (AvgIpc) is 2.72. The summed E-state index contributed by atoms with van der Waals surface area (Å²) in [5.74, 6) is 0.295. The summed E-state index contributed by atoms with van der Waals surface area (Å²) < 4.78 is 6.19. The van der Waals surface area contributed by atoms with Gasteiger partial charge in [-0.15, -0.1) is 0 Å². The highest BCUT2D eigenvalue weighted by molar-refractivity contribution is 6.30. The molecule has 3 N–H and O–H groups in total. The van der Waals surface area contributed by atoms with Crippen LogP contribution in [0.3, 0.4) is 0 Å². The number of aromatic nitrogens is 1. The van der Waals surface area contributed by atoms with E-state index in [-0.39, 0.29) is 24.8 Å². The van der Waals surface area contributed by atoms with Crippen molar-refractivity contribution in [3.8, 4) is 11.6 Å². The number of aliphatic hydroxyl groups excluding tert-OH is 2. The molecule has 0 bridgehead atoms. The van der Waals surface area contributed by atoms with Gasteiger partial charge in [-0.2, -0.15) is 0 Å². The molecule has 2 rings (SSSR count). The van der Waals surface area contributed by atoms with Gasteiger partial charge in [0, 0.05) is 17.3 Å². The van der Waals surface area contributed by atoms with Gasteiger partial charge in [-0.05, 0) is 62.9 Å². The Labute approximate surface area is 189 Å². The van der Waals surface area contributed by atoms with Gasteiger partial charge in [-0.1, -0.05) is 25.4 Å². The number of hydrogen-bond acceptors (Lipinski definition) is 6. The number of aryl methyl sites for hydroxylation is 3. The summed E-state index contributed by atoms with van der Waals surface area (Å²) in [6, 6.07) is 4.93. The molecule has 1 aromatic heterocycles. The van der Waals surface area contributed by atoms with E-state index < -0.39 is 11.9 Å². The van der Waals surface area contributed by atoms with Crippen LogP contribution in [0, 0.1) is 20.8 Å². The van der Waals surface area contributed by atoms with Crippen molar-refractivity contribution >= 4 is 23.2 Å². The van der Waals surface area contributed by atoms with Crippen molar-refractivity contribution in [1.29, 1.82) is 0 Å². The number of halogens is 1. The van der Waals surface area contributed by atoms with Crippen LogP contribution in [0.4, 0.5) is 5.69 Å². The van der Waals surface area contributed by atoms with Crippen LogP contribution >= 0.6 is 11.6 Å². The largest absolute Gasteiger partial charge is 0.438 e. The van der Waals surface area contributed by atoms with E-state index in [2.05, 4.69) is 10.3 Å². The van der Waals surface area contributed by atoms with Gasteiger partial charge in [0.05, 0.1) is 18.3 Å². The molecular formula is C23H32ClN3O4. The maximum atomic E-state index is 13.3. The number of benzene rings is 1. The molecule has 0 radical (unpaired) electrons. The highest BCUT2D eigenvalue weighted by Gasteiger charge is 2.26. The fourth-order valence-electron chi connectivity index (χ4n) is 3.39. The molecule has 1 amide bonds. The summed E-state index contributed by atoms with van der Waals surface area (Å²) in [6.45, 7) is 9.55. The lowest BCUT2D eigenvalue weighted by atomic mass is 10.1. The fraction of sp³-hybridized carbons (Fsp3) is 0.478. The Morgan fingerprint density at radius 1 is 1.19 bits per heavy atom. The second-order valence-electron chi connectivity index (χ2n) is 7.60. The first-order valence-electron chi connectivity index (χ1n) is 10.5. The Morgan fingerprint density at radius 3 is 2.35 bits per heavy atom. The molecule has 7 nitrogen and oxygen atoms in total. The number of rotatable bonds is 10. The summed E-state index contributed by atoms with van der Waals surface area (Å²) in [4.78, 5) is 19.5. The van der Waals surface area contributed by atoms with Crippen molar-refractivity contribution in [2.75, 3.05) is 24.8 Å². The molecule has 8 heteroatoms. The zero-order chi connectivity index (χ0) is 23.1. The number of aliphatic hydroxyl groups is 2. The Balaban J connectivity index is 2.66. The zero-order valence-corrected chi connectivity index (χ0v) is 19.6. The van der Waals surface area contributed by atoms with Crippen molar-refractivity contribution in [3.63, 3.8) is 0 Å². The van der Waals surface area contributed by atoms with Crippen LogP contribution in [-0.4, -0.2) is 47.0 Å². The number of nitrogens with zero attached hydrogens (tertiary/aromatic N) is 2. The van der Waals surface area contributed by atoms with E-state index in [1.165, 1.54) is 0 Å². The molecule has 0 saturated heterocycles. The Kier molecular flexibility index (Phi) is 9.10. The molecule has 2 aromatic rings. The summed E-state index contributed by atoms with van der Waals surface area (Å²) in [7, 11) is 0. The van der Waals surface area contributed by atoms with Crippen molar-refractivity contribution in [2.24, 2.45) is 0 Å². The van der Waals surface area contributed by atoms with Crippen molar-refractivity contribution in [3.05, 3.63) is 45.6 Å². The lowest BCUT2D eigenvalue weighted by Crippen LogP contribution is -2.38. The third-order valence-electron chi connectivity index (χ3n) is 5.00. The summed E-state index contributed by atoms with van der Waals surface area (Å²) >= 11 is 6.15. The smallest absolute Gasteiger partial charge is 0.259 e. The van der Waals surface area contributed by atoms with E-state index in [0.717, 1.165) is 17.5 Å². The maximum absolute atomic E-state index is 13.3. The minimum Gasteiger partial charge on any atom is -0.438 e. The normalized spacial score (nSPS) is 11.9. The zero-order valence-electron chi connectivity index (χ0n) is 18.8. The minimum absolute atomic E-state index is 0.142. The summed E-state index contributed by atoms with van der Waals surface area (Å²) in [5.41, 5.74) is 3.02. The maximum Gasteiger partial charge on any atom is 0.259 e. The number of anilines is 1. The lowest BCUT2D eigenvalue weighted by Gasteiger charge is -2.26. The van der Waals surface area contributed by atoms with E-state index in [1.54, 1.807) is 23.1 Å². The summed E-state index contributed by atoms with van der Waals surface area (Å²) in [6.07, 6.45) is 1.35. The Hall–Kier alpha value is -2.35. The second-order valence-corrected chi connectivity index (χ2v) is 8.04. The topological polar surface area (TPSA) is 94.9 Å². The molecule has 0 fully saturated rings. The van der Waals surface area contributed by atoms with E-state index in [4.69, 9.17) is 16.3 Å². The van der Waals surface area contributed by atoms with Crippen LogP contribution < -0.4 is 15.0 Å². The molecule has 31 heavy (non-hydrogen) atoms. The van der Waals surface area contributed by atoms with Crippen molar-refractivity contribution in [1.82, 2.24) is 10.3 Å². The number of pyridine rings is 1. The SMILES string of the molecule is CCCN(CO)c1cc(C)nc(Oc2c(C)cc(Cl)cc2C)c1C(=O)NC(CC)CO. The van der Waals surface area contributed by atoms with E-state index in [0.29, 0.717) is 35.1 Å². The number of nitrogens with one attached hydrogen (secondary N) is 1. The number of carbonyl (C=O) groups is 1.